The van der Waals surface area contributed by atoms with Gasteiger partial charge in [-0.3, -0.25) is 4.90 Å². The lowest BCUT2D eigenvalue weighted by atomic mass is 9.91. The summed E-state index contributed by atoms with van der Waals surface area (Å²) < 4.78 is 5.46. The number of rotatable bonds is 3. The topological polar surface area (TPSA) is 38.5 Å². The Labute approximate surface area is 116 Å². The van der Waals surface area contributed by atoms with Crippen LogP contribution < -0.4 is 5.73 Å². The zero-order chi connectivity index (χ0) is 14.0. The van der Waals surface area contributed by atoms with Crippen LogP contribution in [-0.4, -0.2) is 37.2 Å². The molecule has 2 rings (SSSR count). The molecule has 0 radical (unpaired) electrons. The van der Waals surface area contributed by atoms with E-state index < -0.39 is 0 Å². The fourth-order valence-electron chi connectivity index (χ4n) is 2.97. The van der Waals surface area contributed by atoms with Gasteiger partial charge in [-0.1, -0.05) is 12.1 Å². The van der Waals surface area contributed by atoms with Crippen molar-refractivity contribution in [2.75, 3.05) is 26.3 Å². The van der Waals surface area contributed by atoms with Gasteiger partial charge in [-0.05, 0) is 49.9 Å². The SMILES string of the molecule is Cc1cc(C)c(C(C(C)N)N2CCOCC2)cc1C. The Kier molecular flexibility index (Phi) is 4.61. The van der Waals surface area contributed by atoms with Crippen molar-refractivity contribution in [1.82, 2.24) is 4.90 Å². The minimum atomic E-state index is 0.124. The summed E-state index contributed by atoms with van der Waals surface area (Å²) in [6.07, 6.45) is 0. The molecule has 1 aromatic carbocycles. The van der Waals surface area contributed by atoms with Crippen LogP contribution in [0.2, 0.25) is 0 Å². The average Bonchev–Trinajstić information content (AvgIpc) is 2.37. The second-order valence-corrected chi connectivity index (χ2v) is 5.75. The van der Waals surface area contributed by atoms with Crippen LogP contribution in [0.25, 0.3) is 0 Å². The molecule has 3 heteroatoms. The number of morpholine rings is 1. The Morgan fingerprint density at radius 1 is 1.05 bits per heavy atom. The highest BCUT2D eigenvalue weighted by molar-refractivity contribution is 5.39. The summed E-state index contributed by atoms with van der Waals surface area (Å²) >= 11 is 0. The number of benzene rings is 1. The highest BCUT2D eigenvalue weighted by atomic mass is 16.5. The van der Waals surface area contributed by atoms with Crippen LogP contribution in [0.15, 0.2) is 12.1 Å². The molecule has 1 fully saturated rings. The molecule has 0 saturated carbocycles. The Morgan fingerprint density at radius 3 is 2.21 bits per heavy atom. The number of aryl methyl sites for hydroxylation is 3. The summed E-state index contributed by atoms with van der Waals surface area (Å²) in [4.78, 5) is 2.46. The summed E-state index contributed by atoms with van der Waals surface area (Å²) in [7, 11) is 0. The first-order chi connectivity index (χ1) is 9.00. The maximum atomic E-state index is 6.27. The lowest BCUT2D eigenvalue weighted by Crippen LogP contribution is -2.45. The third kappa shape index (κ3) is 3.16. The van der Waals surface area contributed by atoms with Crippen LogP contribution >= 0.6 is 0 Å². The van der Waals surface area contributed by atoms with Crippen molar-refractivity contribution in [3.63, 3.8) is 0 Å². The number of ether oxygens (including phenoxy) is 1. The molecule has 106 valence electrons. The molecule has 0 aliphatic carbocycles. The van der Waals surface area contributed by atoms with Crippen molar-refractivity contribution in [1.29, 1.82) is 0 Å². The lowest BCUT2D eigenvalue weighted by molar-refractivity contribution is 0.0115. The summed E-state index contributed by atoms with van der Waals surface area (Å²) in [6.45, 7) is 12.2. The third-order valence-electron chi connectivity index (χ3n) is 4.14. The Hall–Kier alpha value is -0.900. The monoisotopic (exact) mass is 262 g/mol. The third-order valence-corrected chi connectivity index (χ3v) is 4.14. The molecule has 19 heavy (non-hydrogen) atoms. The maximum absolute atomic E-state index is 6.27. The molecule has 1 saturated heterocycles. The smallest absolute Gasteiger partial charge is 0.0594 e. The van der Waals surface area contributed by atoms with E-state index in [9.17, 15) is 0 Å². The molecular formula is C16H26N2O. The largest absolute Gasteiger partial charge is 0.379 e. The summed E-state index contributed by atoms with van der Waals surface area (Å²) in [5.74, 6) is 0. The highest BCUT2D eigenvalue weighted by Crippen LogP contribution is 2.29. The molecule has 1 aliphatic heterocycles. The molecule has 0 aromatic heterocycles. The minimum absolute atomic E-state index is 0.124. The molecule has 2 N–H and O–H groups in total. The van der Waals surface area contributed by atoms with Gasteiger partial charge in [0.05, 0.1) is 19.3 Å². The van der Waals surface area contributed by atoms with Crippen molar-refractivity contribution in [2.45, 2.75) is 39.8 Å². The van der Waals surface area contributed by atoms with Gasteiger partial charge in [0.2, 0.25) is 0 Å². The van der Waals surface area contributed by atoms with Gasteiger partial charge >= 0.3 is 0 Å². The molecule has 0 bridgehead atoms. The zero-order valence-corrected chi connectivity index (χ0v) is 12.6. The Bertz CT molecular complexity index is 437. The average molecular weight is 262 g/mol. The molecule has 1 heterocycles. The minimum Gasteiger partial charge on any atom is -0.379 e. The normalized spacial score (nSPS) is 20.3. The molecule has 0 amide bonds. The van der Waals surface area contributed by atoms with E-state index in [1.165, 1.54) is 22.3 Å². The van der Waals surface area contributed by atoms with E-state index >= 15 is 0 Å². The number of nitrogens with two attached hydrogens (primary N) is 1. The molecular weight excluding hydrogens is 236 g/mol. The van der Waals surface area contributed by atoms with E-state index in [2.05, 4.69) is 44.7 Å². The van der Waals surface area contributed by atoms with Crippen LogP contribution in [0.4, 0.5) is 0 Å². The van der Waals surface area contributed by atoms with Crippen molar-refractivity contribution in [3.05, 3.63) is 34.4 Å². The van der Waals surface area contributed by atoms with Gasteiger partial charge in [-0.15, -0.1) is 0 Å². The fourth-order valence-corrected chi connectivity index (χ4v) is 2.97. The quantitative estimate of drug-likeness (QED) is 0.908. The summed E-state index contributed by atoms with van der Waals surface area (Å²) in [6, 6.07) is 5.01. The zero-order valence-electron chi connectivity index (χ0n) is 12.6. The van der Waals surface area contributed by atoms with Crippen molar-refractivity contribution >= 4 is 0 Å². The van der Waals surface area contributed by atoms with Crippen LogP contribution in [0.5, 0.6) is 0 Å². The number of hydrogen-bond acceptors (Lipinski definition) is 3. The first-order valence-corrected chi connectivity index (χ1v) is 7.16. The number of hydrogen-bond donors (Lipinski definition) is 1. The first kappa shape index (κ1) is 14.5. The van der Waals surface area contributed by atoms with E-state index in [4.69, 9.17) is 10.5 Å². The van der Waals surface area contributed by atoms with Gasteiger partial charge < -0.3 is 10.5 Å². The second kappa shape index (κ2) is 6.04. The molecule has 2 atom stereocenters. The van der Waals surface area contributed by atoms with E-state index in [0.717, 1.165) is 26.3 Å². The molecule has 3 nitrogen and oxygen atoms in total. The molecule has 1 aliphatic rings. The highest BCUT2D eigenvalue weighted by Gasteiger charge is 2.27. The predicted octanol–water partition coefficient (Wildman–Crippen LogP) is 2.33. The lowest BCUT2D eigenvalue weighted by Gasteiger charge is -2.38. The van der Waals surface area contributed by atoms with Gasteiger partial charge in [-0.2, -0.15) is 0 Å². The van der Waals surface area contributed by atoms with Crippen LogP contribution in [-0.2, 0) is 4.74 Å². The second-order valence-electron chi connectivity index (χ2n) is 5.75. The van der Waals surface area contributed by atoms with E-state index in [-0.39, 0.29) is 6.04 Å². The van der Waals surface area contributed by atoms with Gasteiger partial charge in [0, 0.05) is 19.1 Å². The van der Waals surface area contributed by atoms with E-state index in [0.29, 0.717) is 6.04 Å². The summed E-state index contributed by atoms with van der Waals surface area (Å²) in [5.41, 5.74) is 11.7. The Morgan fingerprint density at radius 2 is 1.63 bits per heavy atom. The molecule has 2 unspecified atom stereocenters. The van der Waals surface area contributed by atoms with Gasteiger partial charge in [0.25, 0.3) is 0 Å². The maximum Gasteiger partial charge on any atom is 0.0594 e. The first-order valence-electron chi connectivity index (χ1n) is 7.16. The fraction of sp³-hybridized carbons (Fsp3) is 0.625. The van der Waals surface area contributed by atoms with E-state index in [1.54, 1.807) is 0 Å². The molecule has 0 spiro atoms. The van der Waals surface area contributed by atoms with Gasteiger partial charge in [-0.25, -0.2) is 0 Å². The van der Waals surface area contributed by atoms with Gasteiger partial charge in [0.15, 0.2) is 0 Å². The van der Waals surface area contributed by atoms with Crippen LogP contribution in [0, 0.1) is 20.8 Å². The van der Waals surface area contributed by atoms with Crippen LogP contribution in [0.1, 0.15) is 35.2 Å². The standard InChI is InChI=1S/C16H26N2O/c1-11-9-13(3)15(10-12(11)2)16(14(4)17)18-5-7-19-8-6-18/h9-10,14,16H,5-8,17H2,1-4H3. The molecule has 1 aromatic rings. The summed E-state index contributed by atoms with van der Waals surface area (Å²) in [5, 5.41) is 0. The van der Waals surface area contributed by atoms with Crippen molar-refractivity contribution in [2.24, 2.45) is 5.73 Å². The Balaban J connectivity index is 2.35. The van der Waals surface area contributed by atoms with Crippen molar-refractivity contribution < 1.29 is 4.74 Å². The van der Waals surface area contributed by atoms with Gasteiger partial charge in [0.1, 0.15) is 0 Å². The van der Waals surface area contributed by atoms with Crippen molar-refractivity contribution in [3.8, 4) is 0 Å². The number of nitrogens with zero attached hydrogens (tertiary/aromatic N) is 1. The van der Waals surface area contributed by atoms with Crippen LogP contribution in [0.3, 0.4) is 0 Å². The predicted molar refractivity (Wildman–Crippen MR) is 79.4 cm³/mol. The van der Waals surface area contributed by atoms with E-state index in [1.807, 2.05) is 0 Å².